The molecule has 1 aliphatic heterocycles. The van der Waals surface area contributed by atoms with Crippen LogP contribution in [0.3, 0.4) is 0 Å². The molecular weight excluding hydrogens is 358 g/mol. The van der Waals surface area contributed by atoms with E-state index in [9.17, 15) is 9.59 Å². The minimum absolute atomic E-state index is 0.0194. The van der Waals surface area contributed by atoms with Crippen molar-refractivity contribution in [2.45, 2.75) is 51.0 Å². The van der Waals surface area contributed by atoms with Crippen LogP contribution in [0.1, 0.15) is 50.5 Å². The second-order valence-electron chi connectivity index (χ2n) is 6.21. The third-order valence-electron chi connectivity index (χ3n) is 4.54. The number of halogens is 1. The summed E-state index contributed by atoms with van der Waals surface area (Å²) in [5, 5.41) is 2.78. The molecule has 1 aliphatic carbocycles. The van der Waals surface area contributed by atoms with E-state index in [0.717, 1.165) is 35.7 Å². The van der Waals surface area contributed by atoms with Crippen LogP contribution < -0.4 is 5.32 Å². The molecule has 23 heavy (non-hydrogen) atoms. The van der Waals surface area contributed by atoms with Crippen LogP contribution in [0.25, 0.3) is 0 Å². The Bertz CT molecular complexity index is 645. The highest BCUT2D eigenvalue weighted by atomic mass is 79.9. The lowest BCUT2D eigenvalue weighted by Gasteiger charge is -2.27. The number of amides is 1. The normalized spacial score (nSPS) is 22.2. The van der Waals surface area contributed by atoms with E-state index < -0.39 is 0 Å². The molecule has 1 aromatic rings. The smallest absolute Gasteiger partial charge is 0.336 e. The van der Waals surface area contributed by atoms with Crippen molar-refractivity contribution in [2.24, 2.45) is 0 Å². The van der Waals surface area contributed by atoms with Crippen LogP contribution >= 0.6 is 15.9 Å². The summed E-state index contributed by atoms with van der Waals surface area (Å²) in [5.74, 6) is -0.596. The quantitative estimate of drug-likeness (QED) is 0.814. The highest BCUT2D eigenvalue weighted by Gasteiger charge is 2.34. The number of carbonyl (C=O) groups excluding carboxylic acids is 2. The molecule has 1 N–H and O–H groups in total. The fourth-order valence-electron chi connectivity index (χ4n) is 3.37. The molecular formula is C18H20BrNO3. The molecule has 3 rings (SSSR count). The van der Waals surface area contributed by atoms with Crippen molar-refractivity contribution in [3.05, 3.63) is 45.6 Å². The van der Waals surface area contributed by atoms with Gasteiger partial charge in [0.2, 0.25) is 5.91 Å². The Labute approximate surface area is 144 Å². The van der Waals surface area contributed by atoms with Gasteiger partial charge in [-0.2, -0.15) is 0 Å². The Morgan fingerprint density at radius 3 is 2.52 bits per heavy atom. The Morgan fingerprint density at radius 1 is 1.22 bits per heavy atom. The number of ether oxygens (including phenoxy) is 1. The van der Waals surface area contributed by atoms with E-state index in [2.05, 4.69) is 21.2 Å². The molecule has 1 saturated carbocycles. The van der Waals surface area contributed by atoms with Crippen molar-refractivity contribution in [2.75, 3.05) is 0 Å². The van der Waals surface area contributed by atoms with Crippen molar-refractivity contribution < 1.29 is 14.3 Å². The zero-order chi connectivity index (χ0) is 16.4. The van der Waals surface area contributed by atoms with Crippen molar-refractivity contribution in [3.8, 4) is 0 Å². The molecule has 2 aliphatic rings. The fraction of sp³-hybridized carbons (Fsp3) is 0.444. The van der Waals surface area contributed by atoms with Gasteiger partial charge in [0.05, 0.1) is 5.57 Å². The van der Waals surface area contributed by atoms with Gasteiger partial charge < -0.3 is 10.1 Å². The average molecular weight is 378 g/mol. The van der Waals surface area contributed by atoms with Crippen LogP contribution in [-0.2, 0) is 14.3 Å². The summed E-state index contributed by atoms with van der Waals surface area (Å²) in [6, 6.07) is 7.75. The molecule has 5 heteroatoms. The minimum Gasteiger partial charge on any atom is -0.459 e. The molecule has 122 valence electrons. The number of rotatable bonds is 3. The third kappa shape index (κ3) is 3.66. The molecule has 0 saturated heterocycles. The summed E-state index contributed by atoms with van der Waals surface area (Å²) in [7, 11) is 0. The monoisotopic (exact) mass is 377 g/mol. The Balaban J connectivity index is 1.88. The SMILES string of the molecule is CC1=C(C(=O)OC2CCCC2)C(c2ccc(Br)cc2)CC(=O)N1. The Kier molecular flexibility index (Phi) is 4.85. The van der Waals surface area contributed by atoms with Gasteiger partial charge in [0.25, 0.3) is 0 Å². The van der Waals surface area contributed by atoms with E-state index in [1.54, 1.807) is 6.92 Å². The van der Waals surface area contributed by atoms with E-state index in [1.165, 1.54) is 0 Å². The lowest BCUT2D eigenvalue weighted by Crippen LogP contribution is -2.35. The topological polar surface area (TPSA) is 55.4 Å². The molecule has 1 atom stereocenters. The van der Waals surface area contributed by atoms with Gasteiger partial charge >= 0.3 is 5.97 Å². The number of hydrogen-bond donors (Lipinski definition) is 1. The number of hydrogen-bond acceptors (Lipinski definition) is 3. The first-order valence-corrected chi connectivity index (χ1v) is 8.81. The molecule has 0 aromatic heterocycles. The predicted molar refractivity (Wildman–Crippen MR) is 90.7 cm³/mol. The summed E-state index contributed by atoms with van der Waals surface area (Å²) in [5.41, 5.74) is 2.15. The maximum atomic E-state index is 12.7. The lowest BCUT2D eigenvalue weighted by molar-refractivity contribution is -0.144. The van der Waals surface area contributed by atoms with Gasteiger partial charge in [-0.1, -0.05) is 28.1 Å². The van der Waals surface area contributed by atoms with Gasteiger partial charge in [0.15, 0.2) is 0 Å². The number of benzene rings is 1. The zero-order valence-corrected chi connectivity index (χ0v) is 14.7. The number of allylic oxidation sites excluding steroid dienone is 1. The first-order valence-electron chi connectivity index (χ1n) is 8.01. The van der Waals surface area contributed by atoms with Crippen molar-refractivity contribution in [1.82, 2.24) is 5.32 Å². The van der Waals surface area contributed by atoms with Crippen molar-refractivity contribution >= 4 is 27.8 Å². The van der Waals surface area contributed by atoms with Crippen LogP contribution in [0.2, 0.25) is 0 Å². The maximum Gasteiger partial charge on any atom is 0.336 e. The summed E-state index contributed by atoms with van der Waals surface area (Å²) in [6.07, 6.45) is 4.39. The number of carbonyl (C=O) groups is 2. The highest BCUT2D eigenvalue weighted by molar-refractivity contribution is 9.10. The van der Waals surface area contributed by atoms with Crippen LogP contribution in [0.4, 0.5) is 0 Å². The van der Waals surface area contributed by atoms with Gasteiger partial charge in [0, 0.05) is 22.5 Å². The molecule has 0 bridgehead atoms. The van der Waals surface area contributed by atoms with E-state index >= 15 is 0 Å². The van der Waals surface area contributed by atoms with Crippen molar-refractivity contribution in [3.63, 3.8) is 0 Å². The van der Waals surface area contributed by atoms with E-state index in [1.807, 2.05) is 24.3 Å². The summed E-state index contributed by atoms with van der Waals surface area (Å²) < 4.78 is 6.64. The standard InChI is InChI=1S/C18H20BrNO3/c1-11-17(18(22)23-14-4-2-3-5-14)15(10-16(21)20-11)12-6-8-13(19)9-7-12/h6-9,14-15H,2-5,10H2,1H3,(H,20,21). The molecule has 1 aromatic carbocycles. The van der Waals surface area contributed by atoms with E-state index in [0.29, 0.717) is 11.3 Å². The summed E-state index contributed by atoms with van der Waals surface area (Å²) >= 11 is 3.41. The molecule has 0 spiro atoms. The van der Waals surface area contributed by atoms with Gasteiger partial charge in [-0.25, -0.2) is 4.79 Å². The summed E-state index contributed by atoms with van der Waals surface area (Å²) in [6.45, 7) is 1.77. The largest absolute Gasteiger partial charge is 0.459 e. The molecule has 1 amide bonds. The summed E-state index contributed by atoms with van der Waals surface area (Å²) in [4.78, 5) is 24.6. The molecule has 1 fully saturated rings. The maximum absolute atomic E-state index is 12.7. The lowest BCUT2D eigenvalue weighted by atomic mass is 9.84. The number of esters is 1. The Hall–Kier alpha value is -1.62. The van der Waals surface area contributed by atoms with E-state index in [4.69, 9.17) is 4.74 Å². The zero-order valence-electron chi connectivity index (χ0n) is 13.1. The highest BCUT2D eigenvalue weighted by Crippen LogP contribution is 2.35. The fourth-order valence-corrected chi connectivity index (χ4v) is 3.64. The van der Waals surface area contributed by atoms with Gasteiger partial charge in [-0.05, 0) is 50.3 Å². The van der Waals surface area contributed by atoms with Crippen LogP contribution in [0.15, 0.2) is 40.0 Å². The van der Waals surface area contributed by atoms with E-state index in [-0.39, 0.29) is 30.3 Å². The minimum atomic E-state index is -0.290. The van der Waals surface area contributed by atoms with Crippen LogP contribution in [0.5, 0.6) is 0 Å². The Morgan fingerprint density at radius 2 is 1.87 bits per heavy atom. The van der Waals surface area contributed by atoms with Gasteiger partial charge in [0.1, 0.15) is 6.10 Å². The van der Waals surface area contributed by atoms with Crippen LogP contribution in [-0.4, -0.2) is 18.0 Å². The predicted octanol–water partition coefficient (Wildman–Crippen LogP) is 3.81. The first kappa shape index (κ1) is 16.2. The number of nitrogens with one attached hydrogen (secondary N) is 1. The van der Waals surface area contributed by atoms with Gasteiger partial charge in [-0.15, -0.1) is 0 Å². The molecule has 4 nitrogen and oxygen atoms in total. The molecule has 1 unspecified atom stereocenters. The third-order valence-corrected chi connectivity index (χ3v) is 5.07. The second-order valence-corrected chi connectivity index (χ2v) is 7.12. The molecule has 0 radical (unpaired) electrons. The molecule has 1 heterocycles. The van der Waals surface area contributed by atoms with Crippen LogP contribution in [0, 0.1) is 0 Å². The second kappa shape index (κ2) is 6.87. The average Bonchev–Trinajstić information content (AvgIpc) is 3.00. The van der Waals surface area contributed by atoms with Gasteiger partial charge in [-0.3, -0.25) is 4.79 Å². The first-order chi connectivity index (χ1) is 11.0. The van der Waals surface area contributed by atoms with Crippen molar-refractivity contribution in [1.29, 1.82) is 0 Å².